The van der Waals surface area contributed by atoms with E-state index in [-0.39, 0.29) is 0 Å². The van der Waals surface area contributed by atoms with Crippen LogP contribution in [0.5, 0.6) is 0 Å². The molecule has 0 aliphatic heterocycles. The van der Waals surface area contributed by atoms with E-state index in [1.54, 1.807) is 10.9 Å². The van der Waals surface area contributed by atoms with E-state index in [0.717, 1.165) is 15.9 Å². The Hall–Kier alpha value is -1.21. The van der Waals surface area contributed by atoms with Gasteiger partial charge in [0, 0.05) is 7.05 Å². The topological polar surface area (TPSA) is 68.8 Å². The molecule has 1 unspecified atom stereocenters. The van der Waals surface area contributed by atoms with E-state index in [1.807, 2.05) is 25.6 Å². The smallest absolute Gasteiger partial charge is 0.111 e. The standard InChI is InChI=1S/C11H16BrN5O/c1-4-10(18)8-5-17(15-13-8)6-9-11(12)7(2)14-16(9)3/h5,10,18H,4,6H2,1-3H3. The van der Waals surface area contributed by atoms with E-state index >= 15 is 0 Å². The second-order valence-corrected chi connectivity index (χ2v) is 5.03. The highest BCUT2D eigenvalue weighted by Crippen LogP contribution is 2.21. The van der Waals surface area contributed by atoms with Crippen LogP contribution in [0.2, 0.25) is 0 Å². The average Bonchev–Trinajstić information content (AvgIpc) is 2.90. The summed E-state index contributed by atoms with van der Waals surface area (Å²) in [5, 5.41) is 22.0. The maximum absolute atomic E-state index is 9.68. The Morgan fingerprint density at radius 2 is 2.22 bits per heavy atom. The molecule has 98 valence electrons. The van der Waals surface area contributed by atoms with Gasteiger partial charge >= 0.3 is 0 Å². The number of rotatable bonds is 4. The fourth-order valence-electron chi connectivity index (χ4n) is 1.76. The number of hydrogen-bond donors (Lipinski definition) is 1. The van der Waals surface area contributed by atoms with Gasteiger partial charge in [0.2, 0.25) is 0 Å². The first-order chi connectivity index (χ1) is 8.52. The molecule has 0 aliphatic carbocycles. The lowest BCUT2D eigenvalue weighted by Crippen LogP contribution is -2.06. The minimum atomic E-state index is -0.546. The first-order valence-electron chi connectivity index (χ1n) is 5.79. The van der Waals surface area contributed by atoms with Crippen LogP contribution in [-0.2, 0) is 13.6 Å². The first kappa shape index (κ1) is 13.2. The average molecular weight is 314 g/mol. The van der Waals surface area contributed by atoms with Gasteiger partial charge in [-0.3, -0.25) is 4.68 Å². The Balaban J connectivity index is 2.21. The fourth-order valence-corrected chi connectivity index (χ4v) is 2.22. The number of aryl methyl sites for hydroxylation is 2. The zero-order valence-corrected chi connectivity index (χ0v) is 12.2. The van der Waals surface area contributed by atoms with Crippen LogP contribution in [-0.4, -0.2) is 29.9 Å². The van der Waals surface area contributed by atoms with Gasteiger partial charge in [0.1, 0.15) is 5.69 Å². The first-order valence-corrected chi connectivity index (χ1v) is 6.58. The molecule has 0 saturated carbocycles. The molecule has 0 fully saturated rings. The van der Waals surface area contributed by atoms with Crippen molar-refractivity contribution in [1.82, 2.24) is 24.8 Å². The van der Waals surface area contributed by atoms with Crippen molar-refractivity contribution in [1.29, 1.82) is 0 Å². The number of halogens is 1. The van der Waals surface area contributed by atoms with Crippen LogP contribution in [0.1, 0.15) is 36.5 Å². The van der Waals surface area contributed by atoms with Gasteiger partial charge in [0.25, 0.3) is 0 Å². The van der Waals surface area contributed by atoms with Gasteiger partial charge in [0.05, 0.1) is 34.7 Å². The van der Waals surface area contributed by atoms with Gasteiger partial charge in [0.15, 0.2) is 0 Å². The van der Waals surface area contributed by atoms with Crippen molar-refractivity contribution in [2.24, 2.45) is 7.05 Å². The molecule has 0 aliphatic rings. The van der Waals surface area contributed by atoms with Crippen LogP contribution in [0.15, 0.2) is 10.7 Å². The maximum Gasteiger partial charge on any atom is 0.111 e. The van der Waals surface area contributed by atoms with Gasteiger partial charge in [-0.2, -0.15) is 5.10 Å². The molecule has 6 nitrogen and oxygen atoms in total. The van der Waals surface area contributed by atoms with Crippen molar-refractivity contribution in [3.63, 3.8) is 0 Å². The second kappa shape index (κ2) is 5.19. The van der Waals surface area contributed by atoms with Crippen molar-refractivity contribution >= 4 is 15.9 Å². The second-order valence-electron chi connectivity index (χ2n) is 4.23. The minimum absolute atomic E-state index is 0.546. The van der Waals surface area contributed by atoms with Crippen LogP contribution in [0.4, 0.5) is 0 Å². The zero-order chi connectivity index (χ0) is 13.3. The summed E-state index contributed by atoms with van der Waals surface area (Å²) in [6.07, 6.45) is 1.85. The minimum Gasteiger partial charge on any atom is -0.387 e. The molecule has 2 rings (SSSR count). The van der Waals surface area contributed by atoms with Gasteiger partial charge in [-0.1, -0.05) is 12.1 Å². The van der Waals surface area contributed by atoms with Crippen molar-refractivity contribution in [3.8, 4) is 0 Å². The van der Waals surface area contributed by atoms with Gasteiger partial charge < -0.3 is 5.11 Å². The lowest BCUT2D eigenvalue weighted by atomic mass is 10.2. The number of aromatic nitrogens is 5. The maximum atomic E-state index is 9.68. The third-order valence-corrected chi connectivity index (χ3v) is 3.89. The van der Waals surface area contributed by atoms with Crippen molar-refractivity contribution in [3.05, 3.63) is 27.8 Å². The van der Waals surface area contributed by atoms with E-state index in [1.165, 1.54) is 0 Å². The Bertz CT molecular complexity index is 548. The Morgan fingerprint density at radius 3 is 2.78 bits per heavy atom. The van der Waals surface area contributed by atoms with E-state index in [9.17, 15) is 5.11 Å². The van der Waals surface area contributed by atoms with Crippen LogP contribution in [0.25, 0.3) is 0 Å². The monoisotopic (exact) mass is 313 g/mol. The summed E-state index contributed by atoms with van der Waals surface area (Å²) in [6, 6.07) is 0. The quantitative estimate of drug-likeness (QED) is 0.930. The molecule has 0 bridgehead atoms. The van der Waals surface area contributed by atoms with Gasteiger partial charge in [-0.15, -0.1) is 5.10 Å². The molecule has 1 N–H and O–H groups in total. The molecule has 2 heterocycles. The summed E-state index contributed by atoms with van der Waals surface area (Å²) in [7, 11) is 1.89. The summed E-state index contributed by atoms with van der Waals surface area (Å²) in [6.45, 7) is 4.42. The van der Waals surface area contributed by atoms with Gasteiger partial charge in [-0.05, 0) is 29.3 Å². The zero-order valence-electron chi connectivity index (χ0n) is 10.6. The molecule has 0 saturated heterocycles. The fraction of sp³-hybridized carbons (Fsp3) is 0.545. The molecule has 1 atom stereocenters. The van der Waals surface area contributed by atoms with Crippen molar-refractivity contribution in [2.75, 3.05) is 0 Å². The summed E-state index contributed by atoms with van der Waals surface area (Å²) >= 11 is 3.51. The van der Waals surface area contributed by atoms with Crippen LogP contribution in [0, 0.1) is 6.92 Å². The summed E-state index contributed by atoms with van der Waals surface area (Å²) < 4.78 is 4.50. The molecular formula is C11H16BrN5O. The summed E-state index contributed by atoms with van der Waals surface area (Å²) in [4.78, 5) is 0. The predicted molar refractivity (Wildman–Crippen MR) is 70.0 cm³/mol. The molecule has 0 aromatic carbocycles. The molecule has 18 heavy (non-hydrogen) atoms. The van der Waals surface area contributed by atoms with Crippen LogP contribution < -0.4 is 0 Å². The number of aliphatic hydroxyl groups is 1. The highest BCUT2D eigenvalue weighted by molar-refractivity contribution is 9.10. The lowest BCUT2D eigenvalue weighted by Gasteiger charge is -2.03. The lowest BCUT2D eigenvalue weighted by molar-refractivity contribution is 0.168. The molecule has 0 radical (unpaired) electrons. The number of nitrogens with zero attached hydrogens (tertiary/aromatic N) is 5. The third-order valence-electron chi connectivity index (χ3n) is 2.86. The van der Waals surface area contributed by atoms with E-state index in [4.69, 9.17) is 0 Å². The number of aliphatic hydroxyl groups excluding tert-OH is 1. The van der Waals surface area contributed by atoms with E-state index in [2.05, 4.69) is 31.3 Å². The highest BCUT2D eigenvalue weighted by atomic mass is 79.9. The Labute approximate surface area is 114 Å². The van der Waals surface area contributed by atoms with Crippen LogP contribution in [0.3, 0.4) is 0 Å². The summed E-state index contributed by atoms with van der Waals surface area (Å²) in [5.74, 6) is 0. The molecule has 0 amide bonds. The number of hydrogen-bond acceptors (Lipinski definition) is 4. The molecule has 0 spiro atoms. The van der Waals surface area contributed by atoms with Crippen molar-refractivity contribution < 1.29 is 5.11 Å². The van der Waals surface area contributed by atoms with E-state index in [0.29, 0.717) is 18.7 Å². The van der Waals surface area contributed by atoms with Crippen LogP contribution >= 0.6 is 15.9 Å². The normalized spacial score (nSPS) is 12.9. The molecule has 7 heteroatoms. The Morgan fingerprint density at radius 1 is 1.50 bits per heavy atom. The van der Waals surface area contributed by atoms with Gasteiger partial charge in [-0.25, -0.2) is 4.68 Å². The van der Waals surface area contributed by atoms with E-state index < -0.39 is 6.10 Å². The van der Waals surface area contributed by atoms with Crippen molar-refractivity contribution in [2.45, 2.75) is 32.9 Å². The molecule has 2 aromatic rings. The highest BCUT2D eigenvalue weighted by Gasteiger charge is 2.14. The molecule has 2 aromatic heterocycles. The predicted octanol–water partition coefficient (Wildman–Crippen LogP) is 1.57. The SMILES string of the molecule is CCC(O)c1cn(Cc2c(Br)c(C)nn2C)nn1. The largest absolute Gasteiger partial charge is 0.387 e. The summed E-state index contributed by atoms with van der Waals surface area (Å²) in [5.41, 5.74) is 2.57. The molecular weight excluding hydrogens is 298 g/mol. The Kier molecular flexibility index (Phi) is 3.82. The third kappa shape index (κ3) is 2.46.